The summed E-state index contributed by atoms with van der Waals surface area (Å²) in [6.07, 6.45) is 1.55. The molecular formula is C16H20FN3O2. The van der Waals surface area contributed by atoms with Crippen LogP contribution in [0.1, 0.15) is 17.3 Å². The lowest BCUT2D eigenvalue weighted by Gasteiger charge is -2.27. The van der Waals surface area contributed by atoms with Crippen LogP contribution in [0.3, 0.4) is 0 Å². The first-order valence-corrected chi connectivity index (χ1v) is 6.98. The second kappa shape index (κ2) is 6.37. The van der Waals surface area contributed by atoms with Crippen LogP contribution in [-0.4, -0.2) is 53.7 Å². The van der Waals surface area contributed by atoms with Gasteiger partial charge in [-0.25, -0.2) is 4.39 Å². The van der Waals surface area contributed by atoms with Crippen LogP contribution in [-0.2, 0) is 0 Å². The van der Waals surface area contributed by atoms with Crippen LogP contribution in [0.15, 0.2) is 30.5 Å². The number of nitrogens with one attached hydrogen (secondary N) is 1. The first kappa shape index (κ1) is 16.3. The van der Waals surface area contributed by atoms with Gasteiger partial charge in [-0.05, 0) is 39.2 Å². The highest BCUT2D eigenvalue weighted by atomic mass is 19.1. The zero-order valence-corrected chi connectivity index (χ0v) is 12.9. The lowest BCUT2D eigenvalue weighted by molar-refractivity contribution is 0.0326. The monoisotopic (exact) mass is 305 g/mol. The van der Waals surface area contributed by atoms with Gasteiger partial charge in [0.2, 0.25) is 0 Å². The van der Waals surface area contributed by atoms with E-state index >= 15 is 0 Å². The molecule has 0 spiro atoms. The van der Waals surface area contributed by atoms with Crippen molar-refractivity contribution in [2.24, 2.45) is 0 Å². The van der Waals surface area contributed by atoms with Crippen molar-refractivity contribution in [2.75, 3.05) is 27.2 Å². The summed E-state index contributed by atoms with van der Waals surface area (Å²) in [5.41, 5.74) is -0.472. The Morgan fingerprint density at radius 3 is 2.86 bits per heavy atom. The molecule has 1 heterocycles. The van der Waals surface area contributed by atoms with Crippen molar-refractivity contribution in [3.8, 4) is 0 Å². The molecule has 118 valence electrons. The molecule has 2 N–H and O–H groups in total. The number of amides is 1. The third-order valence-electron chi connectivity index (χ3n) is 3.20. The van der Waals surface area contributed by atoms with E-state index in [-0.39, 0.29) is 12.1 Å². The third-order valence-corrected chi connectivity index (χ3v) is 3.20. The number of carbonyl (C=O) groups excluding carboxylic acids is 1. The molecule has 1 atom stereocenters. The van der Waals surface area contributed by atoms with E-state index < -0.39 is 17.3 Å². The van der Waals surface area contributed by atoms with Crippen LogP contribution >= 0.6 is 0 Å². The Morgan fingerprint density at radius 2 is 2.18 bits per heavy atom. The molecule has 2 rings (SSSR count). The molecule has 1 amide bonds. The predicted molar refractivity (Wildman–Crippen MR) is 83.2 cm³/mol. The van der Waals surface area contributed by atoms with E-state index in [0.29, 0.717) is 17.4 Å². The lowest BCUT2D eigenvalue weighted by Crippen LogP contribution is -2.47. The van der Waals surface area contributed by atoms with Crippen molar-refractivity contribution < 1.29 is 14.3 Å². The van der Waals surface area contributed by atoms with Crippen LogP contribution < -0.4 is 5.32 Å². The van der Waals surface area contributed by atoms with E-state index in [0.717, 1.165) is 6.07 Å². The molecule has 1 aromatic heterocycles. The first-order chi connectivity index (χ1) is 10.3. The molecule has 2 aromatic rings. The molecule has 0 aliphatic carbocycles. The van der Waals surface area contributed by atoms with Gasteiger partial charge in [0.05, 0.1) is 16.7 Å². The highest BCUT2D eigenvalue weighted by Gasteiger charge is 2.23. The summed E-state index contributed by atoms with van der Waals surface area (Å²) in [6.45, 7) is 2.10. The number of hydrogen-bond donors (Lipinski definition) is 2. The number of fused-ring (bicyclic) bond motifs is 1. The number of benzene rings is 1. The largest absolute Gasteiger partial charge is 0.387 e. The molecular weight excluding hydrogens is 285 g/mol. The summed E-state index contributed by atoms with van der Waals surface area (Å²) in [7, 11) is 3.67. The van der Waals surface area contributed by atoms with Gasteiger partial charge in [0.15, 0.2) is 0 Å². The molecule has 0 saturated carbocycles. The number of pyridine rings is 1. The van der Waals surface area contributed by atoms with Crippen molar-refractivity contribution in [1.82, 2.24) is 15.2 Å². The first-order valence-electron chi connectivity index (χ1n) is 6.98. The highest BCUT2D eigenvalue weighted by molar-refractivity contribution is 6.05. The maximum Gasteiger partial charge on any atom is 0.253 e. The summed E-state index contributed by atoms with van der Waals surface area (Å²) in [6, 6.07) is 5.88. The molecule has 0 aliphatic heterocycles. The van der Waals surface area contributed by atoms with E-state index in [1.54, 1.807) is 25.3 Å². The number of nitrogens with zero attached hydrogens (tertiary/aromatic N) is 2. The van der Waals surface area contributed by atoms with Crippen molar-refractivity contribution in [3.05, 3.63) is 41.8 Å². The van der Waals surface area contributed by atoms with Crippen LogP contribution in [0.25, 0.3) is 10.9 Å². The van der Waals surface area contributed by atoms with Gasteiger partial charge in [-0.2, -0.15) is 0 Å². The van der Waals surface area contributed by atoms with Gasteiger partial charge in [0.1, 0.15) is 5.82 Å². The molecule has 6 heteroatoms. The summed E-state index contributed by atoms with van der Waals surface area (Å²) < 4.78 is 13.6. The minimum atomic E-state index is -1.07. The van der Waals surface area contributed by atoms with Gasteiger partial charge in [-0.3, -0.25) is 9.78 Å². The Morgan fingerprint density at radius 1 is 1.45 bits per heavy atom. The molecule has 0 aliphatic rings. The number of hydrogen-bond acceptors (Lipinski definition) is 4. The van der Waals surface area contributed by atoms with E-state index in [1.807, 2.05) is 19.0 Å². The molecule has 5 nitrogen and oxygen atoms in total. The fraction of sp³-hybridized carbons (Fsp3) is 0.375. The van der Waals surface area contributed by atoms with Gasteiger partial charge >= 0.3 is 0 Å². The number of rotatable bonds is 5. The normalized spacial score (nSPS) is 14.1. The summed E-state index contributed by atoms with van der Waals surface area (Å²) >= 11 is 0. The fourth-order valence-electron chi connectivity index (χ4n) is 2.43. The molecule has 1 unspecified atom stereocenters. The van der Waals surface area contributed by atoms with Crippen molar-refractivity contribution >= 4 is 16.8 Å². The number of halogens is 1. The number of likely N-dealkylation sites (N-methyl/N-ethyl adjacent to an activating group) is 1. The zero-order valence-electron chi connectivity index (χ0n) is 12.9. The van der Waals surface area contributed by atoms with E-state index in [9.17, 15) is 14.3 Å². The fourth-order valence-corrected chi connectivity index (χ4v) is 2.43. The van der Waals surface area contributed by atoms with E-state index in [2.05, 4.69) is 10.3 Å². The Bertz CT molecular complexity index is 686. The zero-order chi connectivity index (χ0) is 16.3. The Hall–Kier alpha value is -2.05. The maximum absolute atomic E-state index is 13.6. The maximum atomic E-state index is 13.6. The quantitative estimate of drug-likeness (QED) is 0.877. The molecule has 0 fully saturated rings. The average molecular weight is 305 g/mol. The molecule has 22 heavy (non-hydrogen) atoms. The summed E-state index contributed by atoms with van der Waals surface area (Å²) in [5.74, 6) is -0.951. The molecule has 0 bridgehead atoms. The minimum absolute atomic E-state index is 0.0643. The second-order valence-corrected chi connectivity index (χ2v) is 5.95. The smallest absolute Gasteiger partial charge is 0.253 e. The topological polar surface area (TPSA) is 65.5 Å². The Kier molecular flexibility index (Phi) is 4.73. The van der Waals surface area contributed by atoms with Gasteiger partial charge in [-0.1, -0.05) is 6.07 Å². The predicted octanol–water partition coefficient (Wildman–Crippen LogP) is 1.42. The van der Waals surface area contributed by atoms with Gasteiger partial charge < -0.3 is 15.3 Å². The number of carbonyl (C=O) groups is 1. The number of aliphatic hydroxyl groups is 1. The van der Waals surface area contributed by atoms with Crippen LogP contribution in [0, 0.1) is 5.82 Å². The summed E-state index contributed by atoms with van der Waals surface area (Å²) in [4.78, 5) is 18.3. The van der Waals surface area contributed by atoms with Crippen molar-refractivity contribution in [2.45, 2.75) is 12.5 Å². The molecule has 0 radical (unpaired) electrons. The van der Waals surface area contributed by atoms with Crippen molar-refractivity contribution in [3.63, 3.8) is 0 Å². The molecule has 1 aromatic carbocycles. The molecule has 0 saturated heterocycles. The van der Waals surface area contributed by atoms with E-state index in [4.69, 9.17) is 0 Å². The van der Waals surface area contributed by atoms with Crippen molar-refractivity contribution in [1.29, 1.82) is 0 Å². The van der Waals surface area contributed by atoms with Gasteiger partial charge in [-0.15, -0.1) is 0 Å². The highest BCUT2D eigenvalue weighted by Crippen LogP contribution is 2.18. The lowest BCUT2D eigenvalue weighted by atomic mass is 10.1. The van der Waals surface area contributed by atoms with Gasteiger partial charge in [0, 0.05) is 24.7 Å². The van der Waals surface area contributed by atoms with Crippen LogP contribution in [0.5, 0.6) is 0 Å². The second-order valence-electron chi connectivity index (χ2n) is 5.95. The Balaban J connectivity index is 2.20. The standard InChI is InChI=1S/C16H20FN3O2/c1-16(22,10-20(2)3)9-19-15(21)13-8-12(17)7-11-5-4-6-18-14(11)13/h4-8,22H,9-10H2,1-3H3,(H,19,21). The summed E-state index contributed by atoms with van der Waals surface area (Å²) in [5, 5.41) is 13.4. The van der Waals surface area contributed by atoms with E-state index in [1.165, 1.54) is 6.07 Å². The average Bonchev–Trinajstić information content (AvgIpc) is 2.42. The third kappa shape index (κ3) is 3.99. The number of aromatic nitrogens is 1. The SMILES string of the molecule is CN(C)CC(C)(O)CNC(=O)c1cc(F)cc2cccnc12. The Labute approximate surface area is 128 Å². The van der Waals surface area contributed by atoms with Crippen LogP contribution in [0.4, 0.5) is 4.39 Å². The van der Waals surface area contributed by atoms with Gasteiger partial charge in [0.25, 0.3) is 5.91 Å². The minimum Gasteiger partial charge on any atom is -0.387 e. The van der Waals surface area contributed by atoms with Crippen LogP contribution in [0.2, 0.25) is 0 Å².